The molecule has 3 heterocycles. The Bertz CT molecular complexity index is 743. The summed E-state index contributed by atoms with van der Waals surface area (Å²) in [6.45, 7) is 2.94. The van der Waals surface area contributed by atoms with Crippen LogP contribution in [-0.2, 0) is 0 Å². The number of piperidine rings is 1. The van der Waals surface area contributed by atoms with Gasteiger partial charge >= 0.3 is 0 Å². The fourth-order valence-electron chi connectivity index (χ4n) is 3.33. The van der Waals surface area contributed by atoms with Crippen molar-refractivity contribution in [1.82, 2.24) is 10.3 Å². The van der Waals surface area contributed by atoms with Gasteiger partial charge in [0.05, 0.1) is 0 Å². The summed E-state index contributed by atoms with van der Waals surface area (Å²) in [4.78, 5) is 18.8. The molecule has 1 saturated heterocycles. The number of ether oxygens (including phenoxy) is 2. The molecular weight excluding hydrogens is 318 g/mol. The summed E-state index contributed by atoms with van der Waals surface area (Å²) in [5.74, 6) is 1.78. The Hall–Kier alpha value is -2.76. The number of rotatable bonds is 4. The highest BCUT2D eigenvalue weighted by Gasteiger charge is 2.21. The fraction of sp³-hybridized carbons (Fsp3) is 0.368. The van der Waals surface area contributed by atoms with Gasteiger partial charge in [-0.2, -0.15) is 0 Å². The Morgan fingerprint density at radius 3 is 2.68 bits per heavy atom. The molecule has 4 rings (SSSR count). The molecule has 0 spiro atoms. The lowest BCUT2D eigenvalue weighted by Crippen LogP contribution is -2.38. The summed E-state index contributed by atoms with van der Waals surface area (Å²) < 4.78 is 10.6. The van der Waals surface area contributed by atoms with E-state index in [9.17, 15) is 4.79 Å². The quantitative estimate of drug-likeness (QED) is 0.927. The number of carbonyl (C=O) groups is 1. The predicted octanol–water partition coefficient (Wildman–Crippen LogP) is 2.46. The number of hydrogen-bond acceptors (Lipinski definition) is 5. The Balaban J connectivity index is 1.27. The van der Waals surface area contributed by atoms with Crippen molar-refractivity contribution in [2.45, 2.75) is 12.8 Å². The van der Waals surface area contributed by atoms with Gasteiger partial charge in [0.2, 0.25) is 6.79 Å². The number of fused-ring (bicyclic) bond motifs is 1. The first kappa shape index (κ1) is 15.7. The maximum atomic E-state index is 12.3. The Morgan fingerprint density at radius 2 is 1.88 bits per heavy atom. The number of anilines is 1. The van der Waals surface area contributed by atoms with Crippen molar-refractivity contribution in [3.05, 3.63) is 48.3 Å². The first-order valence-electron chi connectivity index (χ1n) is 8.62. The Morgan fingerprint density at radius 1 is 1.12 bits per heavy atom. The van der Waals surface area contributed by atoms with Crippen LogP contribution in [-0.4, -0.2) is 37.3 Å². The fourth-order valence-corrected chi connectivity index (χ4v) is 3.33. The van der Waals surface area contributed by atoms with Crippen molar-refractivity contribution in [3.63, 3.8) is 0 Å². The van der Waals surface area contributed by atoms with E-state index < -0.39 is 0 Å². The molecule has 1 fully saturated rings. The molecule has 2 aliphatic rings. The van der Waals surface area contributed by atoms with Gasteiger partial charge in [-0.3, -0.25) is 9.78 Å². The number of pyridine rings is 1. The van der Waals surface area contributed by atoms with Gasteiger partial charge in [-0.1, -0.05) is 0 Å². The van der Waals surface area contributed by atoms with Crippen molar-refractivity contribution >= 4 is 11.6 Å². The van der Waals surface area contributed by atoms with Gasteiger partial charge in [-0.05, 0) is 49.1 Å². The normalized spacial score (nSPS) is 16.7. The third-order valence-corrected chi connectivity index (χ3v) is 4.83. The molecule has 2 aliphatic heterocycles. The number of benzene rings is 1. The molecule has 1 N–H and O–H groups in total. The zero-order chi connectivity index (χ0) is 17.1. The van der Waals surface area contributed by atoms with E-state index in [-0.39, 0.29) is 12.7 Å². The Kier molecular flexibility index (Phi) is 4.41. The topological polar surface area (TPSA) is 63.7 Å². The summed E-state index contributed by atoms with van der Waals surface area (Å²) >= 11 is 0. The van der Waals surface area contributed by atoms with Crippen molar-refractivity contribution in [3.8, 4) is 11.5 Å². The maximum Gasteiger partial charge on any atom is 0.251 e. The number of aromatic nitrogens is 1. The standard InChI is InChI=1S/C19H21N3O3/c23-19(15-1-2-17-18(11-15)25-13-24-17)21-12-14-5-9-22(10-6-14)16-3-7-20-8-4-16/h1-4,7-8,11,14H,5-6,9-10,12-13H2,(H,21,23). The smallest absolute Gasteiger partial charge is 0.251 e. The van der Waals surface area contributed by atoms with Crippen molar-refractivity contribution in [2.24, 2.45) is 5.92 Å². The van der Waals surface area contributed by atoms with Gasteiger partial charge in [-0.25, -0.2) is 0 Å². The molecule has 0 aliphatic carbocycles. The van der Waals surface area contributed by atoms with E-state index in [1.807, 2.05) is 24.5 Å². The van der Waals surface area contributed by atoms with Crippen molar-refractivity contribution in [2.75, 3.05) is 31.3 Å². The predicted molar refractivity (Wildman–Crippen MR) is 94.1 cm³/mol. The average Bonchev–Trinajstić information content (AvgIpc) is 3.15. The number of nitrogens with zero attached hydrogens (tertiary/aromatic N) is 2. The van der Waals surface area contributed by atoms with Gasteiger partial charge in [0.15, 0.2) is 11.5 Å². The largest absolute Gasteiger partial charge is 0.454 e. The van der Waals surface area contributed by atoms with Crippen molar-refractivity contribution < 1.29 is 14.3 Å². The molecule has 2 aromatic rings. The van der Waals surface area contributed by atoms with Gasteiger partial charge in [0.25, 0.3) is 5.91 Å². The summed E-state index contributed by atoms with van der Waals surface area (Å²) in [7, 11) is 0. The van der Waals surface area contributed by atoms with Crippen LogP contribution in [0.4, 0.5) is 5.69 Å². The summed E-state index contributed by atoms with van der Waals surface area (Å²) in [6.07, 6.45) is 5.80. The number of nitrogens with one attached hydrogen (secondary N) is 1. The molecule has 0 bridgehead atoms. The maximum absolute atomic E-state index is 12.3. The molecule has 1 aromatic carbocycles. The molecule has 6 nitrogen and oxygen atoms in total. The van der Waals surface area contributed by atoms with Gasteiger partial charge in [0, 0.05) is 43.3 Å². The summed E-state index contributed by atoms with van der Waals surface area (Å²) in [6, 6.07) is 9.38. The van der Waals surface area contributed by atoms with E-state index in [4.69, 9.17) is 9.47 Å². The second-order valence-corrected chi connectivity index (χ2v) is 6.41. The molecular formula is C19H21N3O3. The average molecular weight is 339 g/mol. The number of hydrogen-bond donors (Lipinski definition) is 1. The lowest BCUT2D eigenvalue weighted by atomic mass is 9.96. The molecule has 0 atom stereocenters. The lowest BCUT2D eigenvalue weighted by molar-refractivity contribution is 0.0944. The van der Waals surface area contributed by atoms with Crippen LogP contribution in [0.2, 0.25) is 0 Å². The van der Waals surface area contributed by atoms with E-state index in [1.165, 1.54) is 5.69 Å². The molecule has 0 saturated carbocycles. The van der Waals surface area contributed by atoms with Gasteiger partial charge < -0.3 is 19.7 Å². The van der Waals surface area contributed by atoms with E-state index in [0.717, 1.165) is 25.9 Å². The van der Waals surface area contributed by atoms with E-state index in [2.05, 4.69) is 15.2 Å². The molecule has 6 heteroatoms. The number of amides is 1. The summed E-state index contributed by atoms with van der Waals surface area (Å²) in [5.41, 5.74) is 1.83. The van der Waals surface area contributed by atoms with E-state index in [0.29, 0.717) is 29.5 Å². The molecule has 25 heavy (non-hydrogen) atoms. The second-order valence-electron chi connectivity index (χ2n) is 6.41. The Labute approximate surface area is 146 Å². The third kappa shape index (κ3) is 3.52. The third-order valence-electron chi connectivity index (χ3n) is 4.83. The van der Waals surface area contributed by atoms with E-state index in [1.54, 1.807) is 18.2 Å². The zero-order valence-corrected chi connectivity index (χ0v) is 14.0. The van der Waals surface area contributed by atoms with Crippen LogP contribution in [0.1, 0.15) is 23.2 Å². The first-order chi connectivity index (χ1) is 12.3. The minimum absolute atomic E-state index is 0.0603. The van der Waals surface area contributed by atoms with Crippen LogP contribution in [0.25, 0.3) is 0 Å². The first-order valence-corrected chi connectivity index (χ1v) is 8.62. The highest BCUT2D eigenvalue weighted by molar-refractivity contribution is 5.94. The van der Waals surface area contributed by atoms with Crippen LogP contribution >= 0.6 is 0 Å². The van der Waals surface area contributed by atoms with Crippen LogP contribution < -0.4 is 19.7 Å². The second kappa shape index (κ2) is 7.01. The molecule has 0 radical (unpaired) electrons. The highest BCUT2D eigenvalue weighted by atomic mass is 16.7. The molecule has 130 valence electrons. The molecule has 0 unspecified atom stereocenters. The van der Waals surface area contributed by atoms with Crippen LogP contribution in [0.5, 0.6) is 11.5 Å². The van der Waals surface area contributed by atoms with Crippen LogP contribution in [0.3, 0.4) is 0 Å². The number of carbonyl (C=O) groups excluding carboxylic acids is 1. The van der Waals surface area contributed by atoms with Crippen LogP contribution in [0.15, 0.2) is 42.7 Å². The minimum atomic E-state index is -0.0603. The lowest BCUT2D eigenvalue weighted by Gasteiger charge is -2.33. The van der Waals surface area contributed by atoms with Gasteiger partial charge in [-0.15, -0.1) is 0 Å². The minimum Gasteiger partial charge on any atom is -0.454 e. The van der Waals surface area contributed by atoms with Crippen LogP contribution in [0, 0.1) is 5.92 Å². The van der Waals surface area contributed by atoms with E-state index >= 15 is 0 Å². The highest BCUT2D eigenvalue weighted by Crippen LogP contribution is 2.32. The van der Waals surface area contributed by atoms with Gasteiger partial charge in [0.1, 0.15) is 0 Å². The molecule has 1 amide bonds. The molecule has 1 aromatic heterocycles. The van der Waals surface area contributed by atoms with Crippen molar-refractivity contribution in [1.29, 1.82) is 0 Å². The SMILES string of the molecule is O=C(NCC1CCN(c2ccncc2)CC1)c1ccc2c(c1)OCO2. The zero-order valence-electron chi connectivity index (χ0n) is 14.0. The summed E-state index contributed by atoms with van der Waals surface area (Å²) in [5, 5.41) is 3.05. The monoisotopic (exact) mass is 339 g/mol.